The number of allylic oxidation sites excluding steroid dienone is 1. The summed E-state index contributed by atoms with van der Waals surface area (Å²) in [7, 11) is 0. The van der Waals surface area contributed by atoms with Crippen LogP contribution in [-0.2, 0) is 14.3 Å². The summed E-state index contributed by atoms with van der Waals surface area (Å²) in [5.41, 5.74) is 1.10. The van der Waals surface area contributed by atoms with E-state index in [9.17, 15) is 14.7 Å². The van der Waals surface area contributed by atoms with E-state index in [0.717, 1.165) is 50.5 Å². The van der Waals surface area contributed by atoms with Crippen LogP contribution in [0.15, 0.2) is 11.3 Å². The van der Waals surface area contributed by atoms with Crippen LogP contribution in [-0.4, -0.2) is 23.0 Å². The predicted molar refractivity (Wildman–Crippen MR) is 93.8 cm³/mol. The highest BCUT2D eigenvalue weighted by Gasteiger charge is 2.60. The molecule has 25 heavy (non-hydrogen) atoms. The molecule has 4 heteroatoms. The Morgan fingerprint density at radius 3 is 2.56 bits per heavy atom. The van der Waals surface area contributed by atoms with Crippen LogP contribution >= 0.6 is 0 Å². The van der Waals surface area contributed by atoms with Gasteiger partial charge in [0.05, 0.1) is 0 Å². The predicted octanol–water partition coefficient (Wildman–Crippen LogP) is 4.34. The Morgan fingerprint density at radius 2 is 1.84 bits per heavy atom. The molecule has 0 amide bonds. The van der Waals surface area contributed by atoms with E-state index in [1.54, 1.807) is 0 Å². The summed E-state index contributed by atoms with van der Waals surface area (Å²) in [6, 6.07) is 0. The quantitative estimate of drug-likeness (QED) is 0.718. The van der Waals surface area contributed by atoms with Gasteiger partial charge in [-0.2, -0.15) is 0 Å². The molecule has 3 saturated carbocycles. The Bertz CT molecular complexity index is 650. The van der Waals surface area contributed by atoms with Crippen molar-refractivity contribution < 1.29 is 19.4 Å². The molecule has 138 valence electrons. The number of hydrogen-bond acceptors (Lipinski definition) is 4. The minimum absolute atomic E-state index is 0.0260. The molecule has 0 bridgehead atoms. The minimum atomic E-state index is -0.162. The van der Waals surface area contributed by atoms with Crippen LogP contribution in [0, 0.1) is 28.6 Å². The lowest BCUT2D eigenvalue weighted by Crippen LogP contribution is -2.52. The van der Waals surface area contributed by atoms with Crippen molar-refractivity contribution in [2.24, 2.45) is 28.6 Å². The van der Waals surface area contributed by atoms with Gasteiger partial charge in [0.25, 0.3) is 0 Å². The van der Waals surface area contributed by atoms with Crippen LogP contribution in [0.25, 0.3) is 0 Å². The number of aliphatic hydroxyl groups is 1. The van der Waals surface area contributed by atoms with Gasteiger partial charge in [0.2, 0.25) is 0 Å². The molecule has 0 spiro atoms. The van der Waals surface area contributed by atoms with Gasteiger partial charge in [0.1, 0.15) is 6.10 Å². The lowest BCUT2D eigenvalue weighted by atomic mass is 9.47. The first-order chi connectivity index (χ1) is 11.8. The standard InChI is InChI=1S/C21H30O4/c1-12(22)25-18-7-6-14-13-4-5-16-19(24)17(23)9-11-20(16,2)15(13)8-10-21(14,18)3/h13-15,18,24H,4-11H2,1-3H3/t13?,14?,15?,18-,20+,21-/m0/s1. The molecule has 0 aliphatic heterocycles. The molecule has 0 aromatic rings. The molecular weight excluding hydrogens is 316 g/mol. The van der Waals surface area contributed by atoms with E-state index < -0.39 is 0 Å². The van der Waals surface area contributed by atoms with Crippen LogP contribution < -0.4 is 0 Å². The third-order valence-electron chi connectivity index (χ3n) is 8.32. The van der Waals surface area contributed by atoms with Crippen molar-refractivity contribution in [2.75, 3.05) is 0 Å². The van der Waals surface area contributed by atoms with Crippen LogP contribution in [0.4, 0.5) is 0 Å². The van der Waals surface area contributed by atoms with Crippen molar-refractivity contribution in [3.63, 3.8) is 0 Å². The number of carbonyl (C=O) groups is 2. The molecule has 4 aliphatic carbocycles. The first-order valence-corrected chi connectivity index (χ1v) is 9.90. The smallest absolute Gasteiger partial charge is 0.302 e. The molecule has 6 atom stereocenters. The van der Waals surface area contributed by atoms with Crippen LogP contribution in [0.3, 0.4) is 0 Å². The fourth-order valence-corrected chi connectivity index (χ4v) is 7.03. The van der Waals surface area contributed by atoms with Crippen molar-refractivity contribution in [1.82, 2.24) is 0 Å². The molecule has 0 aromatic heterocycles. The van der Waals surface area contributed by atoms with Gasteiger partial charge in [-0.3, -0.25) is 9.59 Å². The van der Waals surface area contributed by atoms with Crippen molar-refractivity contribution in [3.8, 4) is 0 Å². The summed E-state index contributed by atoms with van der Waals surface area (Å²) < 4.78 is 5.69. The summed E-state index contributed by atoms with van der Waals surface area (Å²) in [6.07, 6.45) is 7.62. The van der Waals surface area contributed by atoms with Gasteiger partial charge in [-0.15, -0.1) is 0 Å². The van der Waals surface area contributed by atoms with Crippen molar-refractivity contribution in [1.29, 1.82) is 0 Å². The maximum atomic E-state index is 12.0. The summed E-state index contributed by atoms with van der Waals surface area (Å²) in [5, 5.41) is 10.4. The highest BCUT2D eigenvalue weighted by molar-refractivity contribution is 5.95. The number of ether oxygens (including phenoxy) is 1. The molecule has 0 saturated heterocycles. The Labute approximate surface area is 150 Å². The summed E-state index contributed by atoms with van der Waals surface area (Å²) in [6.45, 7) is 6.12. The lowest BCUT2D eigenvalue weighted by molar-refractivity contribution is -0.157. The first kappa shape index (κ1) is 17.1. The third-order valence-corrected chi connectivity index (χ3v) is 8.32. The zero-order valence-corrected chi connectivity index (χ0v) is 15.6. The van der Waals surface area contributed by atoms with Gasteiger partial charge in [0, 0.05) is 18.8 Å². The minimum Gasteiger partial charge on any atom is -0.504 e. The van der Waals surface area contributed by atoms with Gasteiger partial charge >= 0.3 is 5.97 Å². The number of hydrogen-bond donors (Lipinski definition) is 1. The Balaban J connectivity index is 1.65. The molecule has 4 nitrogen and oxygen atoms in total. The number of rotatable bonds is 1. The second kappa shape index (κ2) is 5.59. The molecule has 0 radical (unpaired) electrons. The molecule has 0 aromatic carbocycles. The zero-order valence-electron chi connectivity index (χ0n) is 15.6. The van der Waals surface area contributed by atoms with Crippen LogP contribution in [0.5, 0.6) is 0 Å². The number of fused-ring (bicyclic) bond motifs is 5. The Kier molecular flexibility index (Phi) is 3.82. The molecule has 0 heterocycles. The monoisotopic (exact) mass is 346 g/mol. The van der Waals surface area contributed by atoms with Gasteiger partial charge in [-0.1, -0.05) is 13.8 Å². The molecular formula is C21H30O4. The largest absolute Gasteiger partial charge is 0.504 e. The number of esters is 1. The Hall–Kier alpha value is -1.32. The van der Waals surface area contributed by atoms with Gasteiger partial charge in [0.15, 0.2) is 11.5 Å². The van der Waals surface area contributed by atoms with E-state index in [-0.39, 0.29) is 34.4 Å². The van der Waals surface area contributed by atoms with E-state index in [2.05, 4.69) is 13.8 Å². The maximum Gasteiger partial charge on any atom is 0.302 e. The highest BCUT2D eigenvalue weighted by Crippen LogP contribution is 2.66. The van der Waals surface area contributed by atoms with Gasteiger partial charge in [-0.25, -0.2) is 0 Å². The van der Waals surface area contributed by atoms with E-state index in [0.29, 0.717) is 24.2 Å². The molecule has 3 fully saturated rings. The topological polar surface area (TPSA) is 63.6 Å². The maximum absolute atomic E-state index is 12.0. The SMILES string of the molecule is CC(=O)O[C@H]1CCC2C3CCC4=C(O)C(=O)CC[C@]4(C)C3CC[C@@]21C. The first-order valence-electron chi connectivity index (χ1n) is 9.90. The average molecular weight is 346 g/mol. The van der Waals surface area contributed by atoms with Crippen LogP contribution in [0.2, 0.25) is 0 Å². The zero-order chi connectivity index (χ0) is 18.0. The highest BCUT2D eigenvalue weighted by atomic mass is 16.5. The third kappa shape index (κ3) is 2.32. The van der Waals surface area contributed by atoms with E-state index in [4.69, 9.17) is 4.74 Å². The molecule has 1 N–H and O–H groups in total. The lowest BCUT2D eigenvalue weighted by Gasteiger charge is -2.57. The summed E-state index contributed by atoms with van der Waals surface area (Å²) in [5.74, 6) is 1.60. The molecule has 4 aliphatic rings. The average Bonchev–Trinajstić information content (AvgIpc) is 2.88. The number of Topliss-reactive ketones (excluding diaryl/α,β-unsaturated/α-hetero) is 1. The molecule has 4 rings (SSSR count). The summed E-state index contributed by atoms with van der Waals surface area (Å²) >= 11 is 0. The van der Waals surface area contributed by atoms with Crippen molar-refractivity contribution in [3.05, 3.63) is 11.3 Å². The van der Waals surface area contributed by atoms with Crippen LogP contribution in [0.1, 0.15) is 72.1 Å². The number of carbonyl (C=O) groups excluding carboxylic acids is 2. The van der Waals surface area contributed by atoms with Crippen molar-refractivity contribution >= 4 is 11.8 Å². The van der Waals surface area contributed by atoms with E-state index in [1.807, 2.05) is 0 Å². The van der Waals surface area contributed by atoms with E-state index >= 15 is 0 Å². The van der Waals surface area contributed by atoms with Gasteiger partial charge < -0.3 is 9.84 Å². The fourth-order valence-electron chi connectivity index (χ4n) is 7.03. The fraction of sp³-hybridized carbons (Fsp3) is 0.810. The second-order valence-corrected chi connectivity index (χ2v) is 9.30. The van der Waals surface area contributed by atoms with Gasteiger partial charge in [-0.05, 0) is 73.7 Å². The number of ketones is 1. The normalized spacial score (nSPS) is 46.3. The second-order valence-electron chi connectivity index (χ2n) is 9.30. The molecule has 3 unspecified atom stereocenters. The number of aliphatic hydroxyl groups excluding tert-OH is 1. The Morgan fingerprint density at radius 1 is 1.08 bits per heavy atom. The summed E-state index contributed by atoms with van der Waals surface area (Å²) in [4.78, 5) is 23.5. The van der Waals surface area contributed by atoms with E-state index in [1.165, 1.54) is 6.92 Å². The van der Waals surface area contributed by atoms with Crippen molar-refractivity contribution in [2.45, 2.75) is 78.2 Å².